The van der Waals surface area contributed by atoms with Gasteiger partial charge in [-0.05, 0) is 37.5 Å². The highest BCUT2D eigenvalue weighted by Crippen LogP contribution is 2.13. The fourth-order valence-electron chi connectivity index (χ4n) is 2.65. The average molecular weight is 459 g/mol. The second kappa shape index (κ2) is 12.1. The number of guanidine groups is 1. The molecule has 0 radical (unpaired) electrons. The van der Waals surface area contributed by atoms with Crippen LogP contribution in [0.25, 0.3) is 0 Å². The number of hydrogen-bond acceptors (Lipinski definition) is 3. The van der Waals surface area contributed by atoms with Gasteiger partial charge in [-0.15, -0.1) is 24.0 Å². The van der Waals surface area contributed by atoms with Crippen LogP contribution in [0.3, 0.4) is 0 Å². The van der Waals surface area contributed by atoms with Crippen molar-refractivity contribution in [2.24, 2.45) is 4.99 Å². The molecule has 6 heteroatoms. The summed E-state index contributed by atoms with van der Waals surface area (Å²) in [6.07, 6.45) is 4.23. The third-order valence-corrected chi connectivity index (χ3v) is 4.03. The van der Waals surface area contributed by atoms with E-state index in [9.17, 15) is 0 Å². The molecule has 1 aromatic rings. The maximum Gasteiger partial charge on any atom is 0.193 e. The lowest BCUT2D eigenvalue weighted by Crippen LogP contribution is -2.38. The van der Waals surface area contributed by atoms with Crippen LogP contribution in [0.4, 0.5) is 0 Å². The van der Waals surface area contributed by atoms with Gasteiger partial charge in [0.25, 0.3) is 0 Å². The summed E-state index contributed by atoms with van der Waals surface area (Å²) in [6, 6.07) is 8.16. The van der Waals surface area contributed by atoms with E-state index in [1.807, 2.05) is 12.1 Å². The van der Waals surface area contributed by atoms with Crippen LogP contribution in [0.1, 0.15) is 25.3 Å². The van der Waals surface area contributed by atoms with Crippen LogP contribution in [-0.2, 0) is 11.3 Å². The molecule has 1 heterocycles. The van der Waals surface area contributed by atoms with Crippen molar-refractivity contribution in [1.29, 1.82) is 0 Å². The van der Waals surface area contributed by atoms with Gasteiger partial charge in [-0.1, -0.05) is 23.8 Å². The fourth-order valence-corrected chi connectivity index (χ4v) is 2.65. The molecule has 1 N–H and O–H groups in total. The van der Waals surface area contributed by atoms with E-state index in [0.717, 1.165) is 57.4 Å². The SMILES string of the molecule is CCNC(=NCCC1=CCOCC1)N(C)Cc1ccc(OC)cc1.I. The third-order valence-electron chi connectivity index (χ3n) is 4.03. The van der Waals surface area contributed by atoms with E-state index in [1.165, 1.54) is 11.1 Å². The molecule has 0 amide bonds. The van der Waals surface area contributed by atoms with Gasteiger partial charge in [0.1, 0.15) is 5.75 Å². The molecule has 25 heavy (non-hydrogen) atoms. The molecule has 0 aromatic heterocycles. The summed E-state index contributed by atoms with van der Waals surface area (Å²) in [5, 5.41) is 3.37. The Morgan fingerprint density at radius 2 is 2.08 bits per heavy atom. The van der Waals surface area contributed by atoms with Crippen molar-refractivity contribution in [3.63, 3.8) is 0 Å². The Kier molecular flexibility index (Phi) is 10.6. The van der Waals surface area contributed by atoms with Gasteiger partial charge >= 0.3 is 0 Å². The molecule has 140 valence electrons. The summed E-state index contributed by atoms with van der Waals surface area (Å²) < 4.78 is 10.6. The Bertz CT molecular complexity index is 558. The van der Waals surface area contributed by atoms with Crippen LogP contribution >= 0.6 is 24.0 Å². The maximum absolute atomic E-state index is 5.35. The summed E-state index contributed by atoms with van der Waals surface area (Å²) in [5.41, 5.74) is 2.69. The van der Waals surface area contributed by atoms with Crippen molar-refractivity contribution in [2.45, 2.75) is 26.3 Å². The van der Waals surface area contributed by atoms with Gasteiger partial charge in [0.05, 0.1) is 20.3 Å². The molecule has 1 aliphatic rings. The topological polar surface area (TPSA) is 46.1 Å². The zero-order chi connectivity index (χ0) is 17.2. The van der Waals surface area contributed by atoms with E-state index in [4.69, 9.17) is 14.5 Å². The summed E-state index contributed by atoms with van der Waals surface area (Å²) in [4.78, 5) is 6.92. The largest absolute Gasteiger partial charge is 0.497 e. The van der Waals surface area contributed by atoms with Gasteiger partial charge < -0.3 is 19.7 Å². The molecule has 2 rings (SSSR count). The second-order valence-corrected chi connectivity index (χ2v) is 5.88. The molecule has 0 unspecified atom stereocenters. The molecule has 0 saturated carbocycles. The normalized spacial score (nSPS) is 14.4. The monoisotopic (exact) mass is 459 g/mol. The molecule has 0 atom stereocenters. The molecule has 1 aromatic carbocycles. The first kappa shape index (κ1) is 21.8. The first-order valence-corrected chi connectivity index (χ1v) is 8.61. The molecule has 1 aliphatic heterocycles. The van der Waals surface area contributed by atoms with Crippen LogP contribution in [0.2, 0.25) is 0 Å². The molecule has 0 fully saturated rings. The predicted octanol–water partition coefficient (Wildman–Crippen LogP) is 3.45. The molecular weight excluding hydrogens is 429 g/mol. The van der Waals surface area contributed by atoms with Gasteiger partial charge in [-0.2, -0.15) is 0 Å². The van der Waals surface area contributed by atoms with Crippen molar-refractivity contribution in [3.8, 4) is 5.75 Å². The first-order valence-electron chi connectivity index (χ1n) is 8.61. The molecule has 0 saturated heterocycles. The van der Waals surface area contributed by atoms with Crippen LogP contribution < -0.4 is 10.1 Å². The number of nitrogens with zero attached hydrogens (tertiary/aromatic N) is 2. The highest BCUT2D eigenvalue weighted by molar-refractivity contribution is 14.0. The molecule has 0 aliphatic carbocycles. The standard InChI is InChI=1S/C19H29N3O2.HI/c1-4-20-19(21-12-9-16-10-13-24-14-11-16)22(2)15-17-5-7-18(23-3)8-6-17;/h5-8,10H,4,9,11-15H2,1-3H3,(H,20,21);1H. The van der Waals surface area contributed by atoms with E-state index >= 15 is 0 Å². The number of ether oxygens (including phenoxy) is 2. The van der Waals surface area contributed by atoms with E-state index < -0.39 is 0 Å². The van der Waals surface area contributed by atoms with Crippen LogP contribution in [0, 0.1) is 0 Å². The minimum atomic E-state index is 0. The Balaban J connectivity index is 0.00000312. The number of benzene rings is 1. The Morgan fingerprint density at radius 3 is 2.68 bits per heavy atom. The van der Waals surface area contributed by atoms with Gasteiger partial charge in [-0.3, -0.25) is 4.99 Å². The smallest absolute Gasteiger partial charge is 0.193 e. The zero-order valence-corrected chi connectivity index (χ0v) is 17.8. The minimum absolute atomic E-state index is 0. The maximum atomic E-state index is 5.35. The van der Waals surface area contributed by atoms with Gasteiger partial charge in [-0.25, -0.2) is 0 Å². The van der Waals surface area contributed by atoms with Crippen LogP contribution in [0.15, 0.2) is 40.9 Å². The number of aliphatic imine (C=N–C) groups is 1. The van der Waals surface area contributed by atoms with Gasteiger partial charge in [0, 0.05) is 26.7 Å². The number of nitrogens with one attached hydrogen (secondary N) is 1. The van der Waals surface area contributed by atoms with Gasteiger partial charge in [0.2, 0.25) is 0 Å². The Morgan fingerprint density at radius 1 is 1.32 bits per heavy atom. The van der Waals surface area contributed by atoms with Crippen LogP contribution in [0.5, 0.6) is 5.75 Å². The number of hydrogen-bond donors (Lipinski definition) is 1. The Hall–Kier alpha value is -1.28. The van der Waals surface area contributed by atoms with Crippen LogP contribution in [-0.4, -0.2) is 51.3 Å². The molecular formula is C19H30IN3O2. The summed E-state index contributed by atoms with van der Waals surface area (Å²) in [7, 11) is 3.75. The van der Waals surface area contributed by atoms with E-state index in [0.29, 0.717) is 0 Å². The fraction of sp³-hybridized carbons (Fsp3) is 0.526. The number of methoxy groups -OCH3 is 1. The van der Waals surface area contributed by atoms with Crippen molar-refractivity contribution in [1.82, 2.24) is 10.2 Å². The quantitative estimate of drug-likeness (QED) is 0.294. The first-order chi connectivity index (χ1) is 11.7. The van der Waals surface area contributed by atoms with Crippen molar-refractivity contribution in [3.05, 3.63) is 41.5 Å². The molecule has 0 spiro atoms. The Labute approximate surface area is 168 Å². The lowest BCUT2D eigenvalue weighted by Gasteiger charge is -2.22. The molecule has 5 nitrogen and oxygen atoms in total. The summed E-state index contributed by atoms with van der Waals surface area (Å²) >= 11 is 0. The lowest BCUT2D eigenvalue weighted by atomic mass is 10.1. The van der Waals surface area contributed by atoms with Gasteiger partial charge in [0.15, 0.2) is 5.96 Å². The zero-order valence-electron chi connectivity index (χ0n) is 15.5. The second-order valence-electron chi connectivity index (χ2n) is 5.88. The van der Waals surface area contributed by atoms with E-state index in [1.54, 1.807) is 7.11 Å². The third kappa shape index (κ3) is 7.64. The highest BCUT2D eigenvalue weighted by Gasteiger charge is 2.08. The lowest BCUT2D eigenvalue weighted by molar-refractivity contribution is 0.153. The van der Waals surface area contributed by atoms with Crippen molar-refractivity contribution >= 4 is 29.9 Å². The number of halogens is 1. The highest BCUT2D eigenvalue weighted by atomic mass is 127. The average Bonchev–Trinajstić information content (AvgIpc) is 2.62. The minimum Gasteiger partial charge on any atom is -0.497 e. The predicted molar refractivity (Wildman–Crippen MR) is 114 cm³/mol. The summed E-state index contributed by atoms with van der Waals surface area (Å²) in [6.45, 7) is 6.16. The molecule has 0 bridgehead atoms. The summed E-state index contributed by atoms with van der Waals surface area (Å²) in [5.74, 6) is 1.83. The van der Waals surface area contributed by atoms with Crippen molar-refractivity contribution < 1.29 is 9.47 Å². The number of rotatable bonds is 7. The van der Waals surface area contributed by atoms with Crippen molar-refractivity contribution in [2.75, 3.05) is 40.5 Å². The van der Waals surface area contributed by atoms with E-state index in [2.05, 4.69) is 42.4 Å². The van der Waals surface area contributed by atoms with E-state index in [-0.39, 0.29) is 24.0 Å².